The molecule has 0 saturated heterocycles. The van der Waals surface area contributed by atoms with Crippen molar-refractivity contribution < 1.29 is 45.9 Å². The molecule has 13 heteroatoms. The molecule has 0 spiro atoms. The molecule has 0 saturated carbocycles. The smallest absolute Gasteiger partial charge is 0.481 e. The Labute approximate surface area is 205 Å². The second-order valence-corrected chi connectivity index (χ2v) is 11.5. The summed E-state index contributed by atoms with van der Waals surface area (Å²) in [5.74, 6) is 2.19. The first-order valence-electron chi connectivity index (χ1n) is 9.92. The lowest BCUT2D eigenvalue weighted by molar-refractivity contribution is -0.871. The molecule has 1 aromatic heterocycles. The number of hydrogen-bond donors (Lipinski definition) is 3. The second-order valence-electron chi connectivity index (χ2n) is 8.43. The van der Waals surface area contributed by atoms with Gasteiger partial charge in [0.05, 0.1) is 45.0 Å². The minimum atomic E-state index is -5.08. The normalized spacial score (nSPS) is 12.5. The van der Waals surface area contributed by atoms with Crippen molar-refractivity contribution in [1.82, 2.24) is 4.72 Å². The third kappa shape index (κ3) is 11.9. The predicted molar refractivity (Wildman–Crippen MR) is 124 cm³/mol. The van der Waals surface area contributed by atoms with Crippen molar-refractivity contribution >= 4 is 33.3 Å². The zero-order valence-electron chi connectivity index (χ0n) is 19.4. The Hall–Kier alpha value is -2.92. The van der Waals surface area contributed by atoms with E-state index >= 15 is 0 Å². The summed E-state index contributed by atoms with van der Waals surface area (Å²) in [4.78, 5) is 20.6. The number of likely N-dealkylation sites (N-methyl/N-ethyl adjacent to an activating group) is 1. The zero-order chi connectivity index (χ0) is 27.0. The van der Waals surface area contributed by atoms with Gasteiger partial charge in [0.2, 0.25) is 0 Å². The number of aryl methyl sites for hydroxylation is 1. The van der Waals surface area contributed by atoms with Gasteiger partial charge < -0.3 is 14.7 Å². The number of thiophene rings is 1. The minimum absolute atomic E-state index is 0.123. The first-order valence-corrected chi connectivity index (χ1v) is 12.2. The van der Waals surface area contributed by atoms with Crippen LogP contribution >= 0.6 is 11.3 Å². The number of carboxylic acid groups (broad SMARTS) is 2. The molecule has 2 rings (SSSR count). The monoisotopic (exact) mass is 535 g/mol. The molecule has 0 aliphatic heterocycles. The highest BCUT2D eigenvalue weighted by Crippen LogP contribution is 2.22. The summed E-state index contributed by atoms with van der Waals surface area (Å²) in [6.07, 6.45) is -5.36. The minimum Gasteiger partial charge on any atom is -0.481 e. The topological polar surface area (TPSA) is 121 Å². The van der Waals surface area contributed by atoms with E-state index in [1.807, 2.05) is 52.3 Å². The molecular formula is C22H26F3N2O6S2+. The fourth-order valence-electron chi connectivity index (χ4n) is 2.60. The molecule has 0 aliphatic carbocycles. The van der Waals surface area contributed by atoms with Crippen molar-refractivity contribution in [3.05, 3.63) is 52.4 Å². The Morgan fingerprint density at radius 1 is 1.06 bits per heavy atom. The van der Waals surface area contributed by atoms with Gasteiger partial charge >= 0.3 is 18.1 Å². The summed E-state index contributed by atoms with van der Waals surface area (Å²) >= 11 is 1.06. The van der Waals surface area contributed by atoms with Crippen LogP contribution in [0.2, 0.25) is 0 Å². The molecule has 1 aromatic carbocycles. The van der Waals surface area contributed by atoms with Gasteiger partial charge in [0.1, 0.15) is 4.21 Å². The zero-order valence-corrected chi connectivity index (χ0v) is 21.0. The Kier molecular flexibility index (Phi) is 10.5. The molecule has 8 nitrogen and oxygen atoms in total. The van der Waals surface area contributed by atoms with Gasteiger partial charge in [0.25, 0.3) is 10.0 Å². The van der Waals surface area contributed by atoms with Crippen molar-refractivity contribution in [2.45, 2.75) is 29.8 Å². The molecule has 0 unspecified atom stereocenters. The molecule has 0 bridgehead atoms. The van der Waals surface area contributed by atoms with Crippen LogP contribution in [0.1, 0.15) is 22.4 Å². The van der Waals surface area contributed by atoms with Crippen LogP contribution in [0, 0.1) is 18.8 Å². The standard InChI is InChI=1S/C20H24N2O4S2.C2HF3O2/c1-15-5-7-16(8-6-15)9-10-18-11-12-20(27-18)28(25,26)21-17(13-19(23)24)14-22(2,3)4;3-2(4,5)1(6)7/h5-8,11-12,17,21H,13-14H2,1-4H3;(H,6,7)/p+1/t17-;/m1./s1. The molecule has 0 aliphatic rings. The molecule has 0 radical (unpaired) electrons. The van der Waals surface area contributed by atoms with E-state index in [0.717, 1.165) is 22.5 Å². The van der Waals surface area contributed by atoms with E-state index in [4.69, 9.17) is 15.0 Å². The lowest BCUT2D eigenvalue weighted by atomic mass is 10.1. The van der Waals surface area contributed by atoms with E-state index in [0.29, 0.717) is 15.9 Å². The average molecular weight is 536 g/mol. The van der Waals surface area contributed by atoms with Crippen LogP contribution in [0.4, 0.5) is 13.2 Å². The number of aliphatic carboxylic acids is 2. The number of alkyl halides is 3. The molecule has 35 heavy (non-hydrogen) atoms. The predicted octanol–water partition coefficient (Wildman–Crippen LogP) is 2.92. The third-order valence-corrected chi connectivity index (χ3v) is 6.99. The maximum atomic E-state index is 12.7. The van der Waals surface area contributed by atoms with Crippen LogP contribution in [0.3, 0.4) is 0 Å². The van der Waals surface area contributed by atoms with Crippen LogP contribution in [0.15, 0.2) is 40.6 Å². The lowest BCUT2D eigenvalue weighted by Crippen LogP contribution is -2.49. The molecule has 2 aromatic rings. The largest absolute Gasteiger partial charge is 0.490 e. The maximum Gasteiger partial charge on any atom is 0.490 e. The summed E-state index contributed by atoms with van der Waals surface area (Å²) in [5, 5.41) is 16.2. The van der Waals surface area contributed by atoms with Gasteiger partial charge in [-0.15, -0.1) is 11.3 Å². The van der Waals surface area contributed by atoms with E-state index in [1.54, 1.807) is 6.07 Å². The van der Waals surface area contributed by atoms with Crippen molar-refractivity contribution in [2.75, 3.05) is 27.7 Å². The quantitative estimate of drug-likeness (QED) is 0.370. The van der Waals surface area contributed by atoms with E-state index in [1.165, 1.54) is 6.07 Å². The van der Waals surface area contributed by atoms with E-state index in [2.05, 4.69) is 16.6 Å². The number of benzene rings is 1. The first-order chi connectivity index (χ1) is 15.9. The lowest BCUT2D eigenvalue weighted by Gasteiger charge is -2.28. The number of sulfonamides is 1. The first kappa shape index (κ1) is 30.1. The number of nitrogens with zero attached hydrogens (tertiary/aromatic N) is 1. The Balaban J connectivity index is 0.000000762. The van der Waals surface area contributed by atoms with Crippen molar-refractivity contribution in [3.8, 4) is 11.8 Å². The summed E-state index contributed by atoms with van der Waals surface area (Å²) < 4.78 is 60.2. The van der Waals surface area contributed by atoms with Crippen LogP contribution in [-0.2, 0) is 19.6 Å². The number of carbonyl (C=O) groups is 2. The van der Waals surface area contributed by atoms with Crippen LogP contribution in [-0.4, -0.2) is 75.0 Å². The highest BCUT2D eigenvalue weighted by atomic mass is 32.2. The van der Waals surface area contributed by atoms with Gasteiger partial charge in [-0.2, -0.15) is 13.2 Å². The molecule has 1 heterocycles. The fourth-order valence-corrected chi connectivity index (χ4v) is 5.00. The summed E-state index contributed by atoms with van der Waals surface area (Å²) in [7, 11) is 1.83. The highest BCUT2D eigenvalue weighted by Gasteiger charge is 2.38. The van der Waals surface area contributed by atoms with Crippen LogP contribution in [0.25, 0.3) is 0 Å². The van der Waals surface area contributed by atoms with Crippen molar-refractivity contribution in [2.24, 2.45) is 0 Å². The summed E-state index contributed by atoms with van der Waals surface area (Å²) in [6.45, 7) is 2.35. The maximum absolute atomic E-state index is 12.7. The van der Waals surface area contributed by atoms with E-state index < -0.39 is 34.2 Å². The number of halogens is 3. The average Bonchev–Trinajstić information content (AvgIpc) is 3.15. The Morgan fingerprint density at radius 3 is 2.06 bits per heavy atom. The number of carboxylic acids is 2. The van der Waals surface area contributed by atoms with Gasteiger partial charge in [-0.3, -0.25) is 4.79 Å². The molecule has 3 N–H and O–H groups in total. The molecule has 0 fully saturated rings. The van der Waals surface area contributed by atoms with Crippen molar-refractivity contribution in [3.63, 3.8) is 0 Å². The van der Waals surface area contributed by atoms with E-state index in [-0.39, 0.29) is 10.6 Å². The molecule has 0 amide bonds. The molecular weight excluding hydrogens is 509 g/mol. The summed E-state index contributed by atoms with van der Waals surface area (Å²) in [6, 6.07) is 10.2. The number of rotatable bonds is 7. The van der Waals surface area contributed by atoms with Gasteiger partial charge in [-0.05, 0) is 31.2 Å². The second kappa shape index (κ2) is 12.2. The fraction of sp³-hybridized carbons (Fsp3) is 0.364. The molecule has 1 atom stereocenters. The SMILES string of the molecule is Cc1ccc(C#Cc2ccc(S(=O)(=O)N[C@H](CC(=O)O)C[N+](C)(C)C)s2)cc1.O=C(O)C(F)(F)F. The van der Waals surface area contributed by atoms with Crippen LogP contribution < -0.4 is 4.72 Å². The summed E-state index contributed by atoms with van der Waals surface area (Å²) in [5.41, 5.74) is 2.00. The third-order valence-electron chi connectivity index (χ3n) is 3.98. The van der Waals surface area contributed by atoms with E-state index in [9.17, 15) is 26.4 Å². The number of hydrogen-bond acceptors (Lipinski definition) is 5. The van der Waals surface area contributed by atoms with Crippen LogP contribution in [0.5, 0.6) is 0 Å². The highest BCUT2D eigenvalue weighted by molar-refractivity contribution is 7.91. The van der Waals surface area contributed by atoms with Gasteiger partial charge in [0, 0.05) is 5.56 Å². The molecule has 192 valence electrons. The van der Waals surface area contributed by atoms with Gasteiger partial charge in [-0.25, -0.2) is 17.9 Å². The van der Waals surface area contributed by atoms with Gasteiger partial charge in [0.15, 0.2) is 0 Å². The Bertz CT molecular complexity index is 1190. The number of quaternary nitrogens is 1. The number of nitrogens with one attached hydrogen (secondary N) is 1. The van der Waals surface area contributed by atoms with Crippen molar-refractivity contribution in [1.29, 1.82) is 0 Å². The van der Waals surface area contributed by atoms with Gasteiger partial charge in [-0.1, -0.05) is 29.5 Å². The Morgan fingerprint density at radius 2 is 1.60 bits per heavy atom.